The number of nitrogens with zero attached hydrogens (tertiary/aromatic N) is 2. The average molecular weight is 248 g/mol. The van der Waals surface area contributed by atoms with E-state index in [0.29, 0.717) is 0 Å². The van der Waals surface area contributed by atoms with Crippen molar-refractivity contribution in [1.29, 1.82) is 0 Å². The molecule has 0 bridgehead atoms. The van der Waals surface area contributed by atoms with Gasteiger partial charge in [0.25, 0.3) is 0 Å². The summed E-state index contributed by atoms with van der Waals surface area (Å²) >= 11 is 0. The molecule has 0 fully saturated rings. The molecule has 3 rings (SSSR count). The molecule has 0 saturated heterocycles. The fraction of sp³-hybridized carbons (Fsp3) is 0. The second kappa shape index (κ2) is 4.90. The number of pyridine rings is 2. The van der Waals surface area contributed by atoms with Gasteiger partial charge in [-0.2, -0.15) is 0 Å². The van der Waals surface area contributed by atoms with E-state index in [1.807, 2.05) is 42.5 Å². The standard InChI is InChI=1S/C16H12N2O/c19-14-6-4-12(5-7-14)13-8-10-18-16(11-13)15-3-1-2-9-17-15/h1-11,19H. The lowest BCUT2D eigenvalue weighted by Crippen LogP contribution is -1.87. The third kappa shape index (κ3) is 2.45. The predicted molar refractivity (Wildman–Crippen MR) is 74.6 cm³/mol. The van der Waals surface area contributed by atoms with Gasteiger partial charge in [-0.05, 0) is 47.5 Å². The van der Waals surface area contributed by atoms with Crippen molar-refractivity contribution in [2.24, 2.45) is 0 Å². The van der Waals surface area contributed by atoms with Gasteiger partial charge in [0.1, 0.15) is 5.75 Å². The van der Waals surface area contributed by atoms with E-state index >= 15 is 0 Å². The summed E-state index contributed by atoms with van der Waals surface area (Å²) < 4.78 is 0. The first-order valence-corrected chi connectivity index (χ1v) is 6.00. The number of hydrogen-bond acceptors (Lipinski definition) is 3. The Morgan fingerprint density at radius 3 is 2.21 bits per heavy atom. The Hall–Kier alpha value is -2.68. The highest BCUT2D eigenvalue weighted by molar-refractivity contribution is 5.69. The molecule has 0 spiro atoms. The maximum absolute atomic E-state index is 9.31. The molecule has 0 aliphatic rings. The van der Waals surface area contributed by atoms with Crippen molar-refractivity contribution >= 4 is 0 Å². The zero-order valence-corrected chi connectivity index (χ0v) is 10.2. The number of hydrogen-bond donors (Lipinski definition) is 1. The lowest BCUT2D eigenvalue weighted by molar-refractivity contribution is 0.475. The normalized spacial score (nSPS) is 10.3. The van der Waals surface area contributed by atoms with Crippen molar-refractivity contribution in [2.75, 3.05) is 0 Å². The molecule has 19 heavy (non-hydrogen) atoms. The number of phenols is 1. The molecule has 1 aromatic carbocycles. The Bertz CT molecular complexity index is 679. The van der Waals surface area contributed by atoms with Crippen LogP contribution in [0.1, 0.15) is 0 Å². The molecular formula is C16H12N2O. The fourth-order valence-corrected chi connectivity index (χ4v) is 1.92. The lowest BCUT2D eigenvalue weighted by Gasteiger charge is -2.04. The van der Waals surface area contributed by atoms with Crippen LogP contribution in [0.4, 0.5) is 0 Å². The van der Waals surface area contributed by atoms with E-state index in [9.17, 15) is 5.11 Å². The average Bonchev–Trinajstić information content (AvgIpc) is 2.49. The molecular weight excluding hydrogens is 236 g/mol. The lowest BCUT2D eigenvalue weighted by atomic mass is 10.1. The van der Waals surface area contributed by atoms with Crippen molar-refractivity contribution in [3.63, 3.8) is 0 Å². The Labute approximate surface area is 111 Å². The quantitative estimate of drug-likeness (QED) is 0.754. The monoisotopic (exact) mass is 248 g/mol. The van der Waals surface area contributed by atoms with E-state index in [2.05, 4.69) is 9.97 Å². The van der Waals surface area contributed by atoms with Crippen LogP contribution >= 0.6 is 0 Å². The van der Waals surface area contributed by atoms with Crippen molar-refractivity contribution in [3.05, 3.63) is 67.0 Å². The molecule has 3 nitrogen and oxygen atoms in total. The second-order valence-electron chi connectivity index (χ2n) is 4.19. The van der Waals surface area contributed by atoms with Crippen molar-refractivity contribution in [3.8, 4) is 28.3 Å². The molecule has 0 radical (unpaired) electrons. The zero-order valence-electron chi connectivity index (χ0n) is 10.2. The summed E-state index contributed by atoms with van der Waals surface area (Å²) in [4.78, 5) is 8.64. The van der Waals surface area contributed by atoms with Crippen molar-refractivity contribution in [2.45, 2.75) is 0 Å². The smallest absolute Gasteiger partial charge is 0.115 e. The van der Waals surface area contributed by atoms with Crippen LogP contribution in [0.2, 0.25) is 0 Å². The summed E-state index contributed by atoms with van der Waals surface area (Å²) in [6.07, 6.45) is 3.52. The summed E-state index contributed by atoms with van der Waals surface area (Å²) in [5.41, 5.74) is 3.78. The van der Waals surface area contributed by atoms with E-state index in [0.717, 1.165) is 22.5 Å². The van der Waals surface area contributed by atoms with Gasteiger partial charge in [0.2, 0.25) is 0 Å². The highest BCUT2D eigenvalue weighted by atomic mass is 16.3. The van der Waals surface area contributed by atoms with Crippen LogP contribution in [0.25, 0.3) is 22.5 Å². The van der Waals surface area contributed by atoms with Crippen LogP contribution in [0.5, 0.6) is 5.75 Å². The van der Waals surface area contributed by atoms with Crippen LogP contribution in [-0.4, -0.2) is 15.1 Å². The van der Waals surface area contributed by atoms with Gasteiger partial charge in [0.05, 0.1) is 11.4 Å². The zero-order chi connectivity index (χ0) is 13.1. The number of rotatable bonds is 2. The number of benzene rings is 1. The van der Waals surface area contributed by atoms with Gasteiger partial charge >= 0.3 is 0 Å². The maximum atomic E-state index is 9.31. The summed E-state index contributed by atoms with van der Waals surface area (Å²) in [5.74, 6) is 0.266. The summed E-state index contributed by atoms with van der Waals surface area (Å²) in [7, 11) is 0. The Morgan fingerprint density at radius 2 is 1.47 bits per heavy atom. The molecule has 0 unspecified atom stereocenters. The highest BCUT2D eigenvalue weighted by Crippen LogP contribution is 2.24. The van der Waals surface area contributed by atoms with Gasteiger partial charge in [-0.15, -0.1) is 0 Å². The van der Waals surface area contributed by atoms with Gasteiger partial charge in [0.15, 0.2) is 0 Å². The Balaban J connectivity index is 2.03. The molecule has 0 aliphatic carbocycles. The van der Waals surface area contributed by atoms with E-state index < -0.39 is 0 Å². The molecule has 1 N–H and O–H groups in total. The van der Waals surface area contributed by atoms with Gasteiger partial charge in [-0.1, -0.05) is 18.2 Å². The van der Waals surface area contributed by atoms with Gasteiger partial charge < -0.3 is 5.11 Å². The van der Waals surface area contributed by atoms with Gasteiger partial charge in [-0.25, -0.2) is 0 Å². The predicted octanol–water partition coefficient (Wildman–Crippen LogP) is 3.52. The highest BCUT2D eigenvalue weighted by Gasteiger charge is 2.03. The van der Waals surface area contributed by atoms with E-state index in [1.54, 1.807) is 24.5 Å². The van der Waals surface area contributed by atoms with Gasteiger partial charge in [0, 0.05) is 12.4 Å². The van der Waals surface area contributed by atoms with Gasteiger partial charge in [-0.3, -0.25) is 9.97 Å². The molecule has 0 aliphatic heterocycles. The minimum absolute atomic E-state index is 0.266. The van der Waals surface area contributed by atoms with Crippen LogP contribution in [0, 0.1) is 0 Å². The first-order chi connectivity index (χ1) is 9.33. The molecule has 0 atom stereocenters. The number of aromatic hydroxyl groups is 1. The van der Waals surface area contributed by atoms with Crippen LogP contribution in [0.3, 0.4) is 0 Å². The maximum Gasteiger partial charge on any atom is 0.115 e. The van der Waals surface area contributed by atoms with Crippen LogP contribution < -0.4 is 0 Å². The van der Waals surface area contributed by atoms with E-state index in [-0.39, 0.29) is 5.75 Å². The van der Waals surface area contributed by atoms with E-state index in [4.69, 9.17) is 0 Å². The molecule has 3 aromatic rings. The van der Waals surface area contributed by atoms with Crippen LogP contribution in [0.15, 0.2) is 67.0 Å². The molecule has 2 heterocycles. The first-order valence-electron chi connectivity index (χ1n) is 6.00. The molecule has 0 amide bonds. The number of aromatic nitrogens is 2. The van der Waals surface area contributed by atoms with Crippen molar-refractivity contribution < 1.29 is 5.11 Å². The fourth-order valence-electron chi connectivity index (χ4n) is 1.92. The SMILES string of the molecule is Oc1ccc(-c2ccnc(-c3ccccn3)c2)cc1. The summed E-state index contributed by atoms with van der Waals surface area (Å²) in [6, 6.07) is 16.8. The minimum Gasteiger partial charge on any atom is -0.508 e. The van der Waals surface area contributed by atoms with Crippen LogP contribution in [-0.2, 0) is 0 Å². The topological polar surface area (TPSA) is 46.0 Å². The first kappa shape index (κ1) is 11.4. The molecule has 92 valence electrons. The van der Waals surface area contributed by atoms with E-state index in [1.165, 1.54) is 0 Å². The molecule has 2 aromatic heterocycles. The molecule has 0 saturated carbocycles. The summed E-state index contributed by atoms with van der Waals surface area (Å²) in [6.45, 7) is 0. The van der Waals surface area contributed by atoms with Crippen molar-refractivity contribution in [1.82, 2.24) is 9.97 Å². The third-order valence-electron chi connectivity index (χ3n) is 2.89. The second-order valence-corrected chi connectivity index (χ2v) is 4.19. The number of phenolic OH excluding ortho intramolecular Hbond substituents is 1. The Kier molecular flexibility index (Phi) is 2.94. The third-order valence-corrected chi connectivity index (χ3v) is 2.89. The Morgan fingerprint density at radius 1 is 0.684 bits per heavy atom. The summed E-state index contributed by atoms with van der Waals surface area (Å²) in [5, 5.41) is 9.31. The minimum atomic E-state index is 0.266. The molecule has 3 heteroatoms. The largest absolute Gasteiger partial charge is 0.508 e.